The largest absolute Gasteiger partial charge is 1.00 e. The van der Waals surface area contributed by atoms with E-state index in [4.69, 9.17) is 0 Å². The van der Waals surface area contributed by atoms with E-state index in [2.05, 4.69) is 35.9 Å². The minimum absolute atomic E-state index is 0. The first kappa shape index (κ1) is 10.5. The van der Waals surface area contributed by atoms with E-state index in [-0.39, 0.29) is 12.4 Å². The van der Waals surface area contributed by atoms with Crippen LogP contribution in [0.5, 0.6) is 0 Å². The number of hydrogen-bond donors (Lipinski definition) is 0. The summed E-state index contributed by atoms with van der Waals surface area (Å²) >= 11 is 0. The summed E-state index contributed by atoms with van der Waals surface area (Å²) in [6.45, 7) is 3.38. The molecule has 1 aromatic heterocycles. The van der Waals surface area contributed by atoms with E-state index in [1.165, 1.54) is 31.5 Å². The zero-order valence-corrected chi connectivity index (χ0v) is 8.80. The standard InChI is InChI=1S/C11H16N.ClH/c1-10-4-2-3-8-12(10)9-7-11-5-6-11;/h2-4,8,11H,5-7,9H2,1H3;1H/q+1;/p-1. The Balaban J connectivity index is 0.000000845. The fourth-order valence-corrected chi connectivity index (χ4v) is 1.54. The Kier molecular flexibility index (Phi) is 3.73. The van der Waals surface area contributed by atoms with Gasteiger partial charge in [-0.3, -0.25) is 0 Å². The van der Waals surface area contributed by atoms with Gasteiger partial charge in [0.2, 0.25) is 0 Å². The predicted molar refractivity (Wildman–Crippen MR) is 48.7 cm³/mol. The van der Waals surface area contributed by atoms with Crippen molar-refractivity contribution in [1.29, 1.82) is 0 Å². The molecule has 0 aliphatic heterocycles. The van der Waals surface area contributed by atoms with Crippen molar-refractivity contribution in [2.45, 2.75) is 32.7 Å². The number of nitrogens with zero attached hydrogens (tertiary/aromatic N) is 1. The van der Waals surface area contributed by atoms with Crippen molar-refractivity contribution < 1.29 is 17.0 Å². The van der Waals surface area contributed by atoms with Crippen LogP contribution in [0, 0.1) is 12.8 Å². The fourth-order valence-electron chi connectivity index (χ4n) is 1.54. The van der Waals surface area contributed by atoms with E-state index in [1.807, 2.05) is 0 Å². The third kappa shape index (κ3) is 3.00. The summed E-state index contributed by atoms with van der Waals surface area (Å²) in [5, 5.41) is 0. The molecule has 1 aromatic rings. The smallest absolute Gasteiger partial charge is 0.178 e. The van der Waals surface area contributed by atoms with Gasteiger partial charge in [-0.25, -0.2) is 4.57 Å². The lowest BCUT2D eigenvalue weighted by Crippen LogP contribution is -3.00. The summed E-state index contributed by atoms with van der Waals surface area (Å²) in [5.74, 6) is 1.04. The Morgan fingerprint density at radius 2 is 2.15 bits per heavy atom. The van der Waals surface area contributed by atoms with Crippen molar-refractivity contribution >= 4 is 0 Å². The maximum atomic E-state index is 2.35. The molecule has 0 aromatic carbocycles. The lowest BCUT2D eigenvalue weighted by molar-refractivity contribution is -0.703. The Labute approximate surface area is 86.2 Å². The van der Waals surface area contributed by atoms with E-state index in [0.29, 0.717) is 0 Å². The van der Waals surface area contributed by atoms with Gasteiger partial charge in [0.25, 0.3) is 0 Å². The predicted octanol–water partition coefficient (Wildman–Crippen LogP) is -0.913. The van der Waals surface area contributed by atoms with Crippen LogP contribution in [0.4, 0.5) is 0 Å². The first-order valence-electron chi connectivity index (χ1n) is 4.81. The Bertz CT molecular complexity index is 269. The van der Waals surface area contributed by atoms with E-state index in [9.17, 15) is 0 Å². The number of rotatable bonds is 3. The van der Waals surface area contributed by atoms with Crippen LogP contribution in [0.1, 0.15) is 25.0 Å². The molecule has 1 saturated carbocycles. The first-order chi connectivity index (χ1) is 5.86. The molecule has 0 N–H and O–H groups in total. The van der Waals surface area contributed by atoms with Crippen LogP contribution in [0.2, 0.25) is 0 Å². The zero-order valence-electron chi connectivity index (χ0n) is 8.04. The van der Waals surface area contributed by atoms with Crippen LogP contribution in [0.15, 0.2) is 24.4 Å². The molecule has 1 aliphatic rings. The molecule has 1 aliphatic carbocycles. The molecular weight excluding hydrogens is 182 g/mol. The molecule has 2 rings (SSSR count). The van der Waals surface area contributed by atoms with Crippen molar-refractivity contribution in [2.75, 3.05) is 0 Å². The highest BCUT2D eigenvalue weighted by molar-refractivity contribution is 4.94. The molecule has 2 heteroatoms. The van der Waals surface area contributed by atoms with Crippen LogP contribution in [-0.2, 0) is 6.54 Å². The minimum atomic E-state index is 0. The summed E-state index contributed by atoms with van der Waals surface area (Å²) < 4.78 is 2.35. The van der Waals surface area contributed by atoms with Crippen molar-refractivity contribution in [2.24, 2.45) is 5.92 Å². The molecule has 0 amide bonds. The summed E-state index contributed by atoms with van der Waals surface area (Å²) in [6, 6.07) is 6.38. The van der Waals surface area contributed by atoms with Crippen molar-refractivity contribution in [3.05, 3.63) is 30.1 Å². The van der Waals surface area contributed by atoms with Crippen molar-refractivity contribution in [3.8, 4) is 0 Å². The van der Waals surface area contributed by atoms with Gasteiger partial charge < -0.3 is 12.4 Å². The maximum absolute atomic E-state index is 2.35. The molecule has 0 spiro atoms. The molecule has 0 radical (unpaired) electrons. The fraction of sp³-hybridized carbons (Fsp3) is 0.545. The lowest BCUT2D eigenvalue weighted by atomic mass is 10.2. The SMILES string of the molecule is Cc1cccc[n+]1CCC1CC1.[Cl-]. The van der Waals surface area contributed by atoms with Gasteiger partial charge in [0.05, 0.1) is 0 Å². The number of halogens is 1. The molecule has 0 unspecified atom stereocenters. The maximum Gasteiger partial charge on any atom is 0.178 e. The normalized spacial score (nSPS) is 15.2. The highest BCUT2D eigenvalue weighted by Crippen LogP contribution is 2.32. The van der Waals surface area contributed by atoms with Crippen molar-refractivity contribution in [1.82, 2.24) is 0 Å². The van der Waals surface area contributed by atoms with Gasteiger partial charge in [-0.05, 0) is 18.8 Å². The monoisotopic (exact) mass is 197 g/mol. The zero-order chi connectivity index (χ0) is 8.39. The van der Waals surface area contributed by atoms with E-state index >= 15 is 0 Å². The summed E-state index contributed by atoms with van der Waals surface area (Å²) in [5.41, 5.74) is 1.37. The number of pyridine rings is 1. The topological polar surface area (TPSA) is 3.88 Å². The number of aromatic nitrogens is 1. The van der Waals surface area contributed by atoms with Crippen LogP contribution in [-0.4, -0.2) is 0 Å². The van der Waals surface area contributed by atoms with Crippen LogP contribution < -0.4 is 17.0 Å². The Morgan fingerprint density at radius 1 is 1.38 bits per heavy atom. The second-order valence-electron chi connectivity index (χ2n) is 3.77. The molecule has 0 atom stereocenters. The summed E-state index contributed by atoms with van der Waals surface area (Å²) in [7, 11) is 0. The van der Waals surface area contributed by atoms with Gasteiger partial charge >= 0.3 is 0 Å². The molecule has 0 saturated heterocycles. The molecule has 1 nitrogen and oxygen atoms in total. The second-order valence-corrected chi connectivity index (χ2v) is 3.77. The van der Waals surface area contributed by atoms with Gasteiger partial charge in [-0.1, -0.05) is 6.07 Å². The molecule has 0 bridgehead atoms. The average molecular weight is 198 g/mol. The molecule has 13 heavy (non-hydrogen) atoms. The second kappa shape index (κ2) is 4.61. The van der Waals surface area contributed by atoms with Gasteiger partial charge in [0.1, 0.15) is 6.54 Å². The van der Waals surface area contributed by atoms with Crippen LogP contribution in [0.25, 0.3) is 0 Å². The average Bonchev–Trinajstić information content (AvgIpc) is 2.86. The molecule has 72 valence electrons. The van der Waals surface area contributed by atoms with E-state index < -0.39 is 0 Å². The van der Waals surface area contributed by atoms with Gasteiger partial charge in [0, 0.05) is 25.5 Å². The third-order valence-corrected chi connectivity index (χ3v) is 2.64. The van der Waals surface area contributed by atoms with Crippen LogP contribution in [0.3, 0.4) is 0 Å². The Hall–Kier alpha value is -0.560. The van der Waals surface area contributed by atoms with Gasteiger partial charge in [-0.2, -0.15) is 0 Å². The first-order valence-corrected chi connectivity index (χ1v) is 4.81. The number of hydrogen-bond acceptors (Lipinski definition) is 0. The quantitative estimate of drug-likeness (QED) is 0.553. The van der Waals surface area contributed by atoms with Gasteiger partial charge in [0.15, 0.2) is 11.9 Å². The number of aryl methyl sites for hydroxylation is 2. The highest BCUT2D eigenvalue weighted by atomic mass is 35.5. The highest BCUT2D eigenvalue weighted by Gasteiger charge is 2.22. The third-order valence-electron chi connectivity index (χ3n) is 2.64. The molecular formula is C11H16ClN. The minimum Gasteiger partial charge on any atom is -1.00 e. The Morgan fingerprint density at radius 3 is 2.77 bits per heavy atom. The van der Waals surface area contributed by atoms with E-state index in [1.54, 1.807) is 0 Å². The van der Waals surface area contributed by atoms with Crippen molar-refractivity contribution in [3.63, 3.8) is 0 Å². The van der Waals surface area contributed by atoms with E-state index in [0.717, 1.165) is 5.92 Å². The summed E-state index contributed by atoms with van der Waals surface area (Å²) in [6.07, 6.45) is 6.48. The summed E-state index contributed by atoms with van der Waals surface area (Å²) in [4.78, 5) is 0. The molecule has 1 fully saturated rings. The lowest BCUT2D eigenvalue weighted by Gasteiger charge is -1.97. The van der Waals surface area contributed by atoms with Gasteiger partial charge in [-0.15, -0.1) is 0 Å². The van der Waals surface area contributed by atoms with Crippen LogP contribution >= 0.6 is 0 Å². The molecule has 1 heterocycles.